The Morgan fingerprint density at radius 3 is 0.855 bits per heavy atom. The molecule has 0 fully saturated rings. The van der Waals surface area contributed by atoms with Crippen LogP contribution in [0.5, 0.6) is 0 Å². The average molecular weight is 1170 g/mol. The fraction of sp³-hybridized carbons (Fsp3) is 0.922. The van der Waals surface area contributed by atoms with Gasteiger partial charge in [-0.25, -0.2) is 0 Å². The normalized spacial score (nSPS) is 12.6. The van der Waals surface area contributed by atoms with Gasteiger partial charge in [-0.1, -0.05) is 385 Å². The number of aliphatic hydroxyl groups excluding tert-OH is 2. The van der Waals surface area contributed by atoms with E-state index in [1.165, 1.54) is 360 Å². The smallest absolute Gasteiger partial charge is 0.305 e. The van der Waals surface area contributed by atoms with E-state index in [9.17, 15) is 19.8 Å². The molecule has 0 aliphatic carbocycles. The summed E-state index contributed by atoms with van der Waals surface area (Å²) in [7, 11) is 0. The highest BCUT2D eigenvalue weighted by Crippen LogP contribution is 2.19. The number of ether oxygens (including phenoxy) is 1. The van der Waals surface area contributed by atoms with Crippen molar-refractivity contribution in [3.63, 3.8) is 0 Å². The number of carbonyl (C=O) groups is 2. The van der Waals surface area contributed by atoms with E-state index in [0.717, 1.165) is 44.9 Å². The first kappa shape index (κ1) is 81.3. The predicted octanol–water partition coefficient (Wildman–Crippen LogP) is 24.9. The molecule has 0 bridgehead atoms. The van der Waals surface area contributed by atoms with Gasteiger partial charge in [0.25, 0.3) is 0 Å². The fourth-order valence-corrected chi connectivity index (χ4v) is 12.2. The molecule has 0 heterocycles. The maximum atomic E-state index is 12.5. The molecule has 492 valence electrons. The fourth-order valence-electron chi connectivity index (χ4n) is 12.2. The topological polar surface area (TPSA) is 95.9 Å². The van der Waals surface area contributed by atoms with Crippen LogP contribution in [0.15, 0.2) is 24.3 Å². The lowest BCUT2D eigenvalue weighted by Crippen LogP contribution is -2.45. The van der Waals surface area contributed by atoms with E-state index in [2.05, 4.69) is 31.3 Å². The monoisotopic (exact) mass is 1170 g/mol. The van der Waals surface area contributed by atoms with Gasteiger partial charge in [-0.05, 0) is 57.8 Å². The first-order chi connectivity index (χ1) is 41.0. The number of amides is 1. The van der Waals surface area contributed by atoms with E-state index >= 15 is 0 Å². The lowest BCUT2D eigenvalue weighted by atomic mass is 10.0. The summed E-state index contributed by atoms with van der Waals surface area (Å²) in [5.74, 6) is -0.0527. The Hall–Kier alpha value is -1.66. The summed E-state index contributed by atoms with van der Waals surface area (Å²) in [6, 6.07) is -0.634. The average Bonchev–Trinajstić information content (AvgIpc) is 3.49. The zero-order valence-corrected chi connectivity index (χ0v) is 56.5. The molecule has 3 N–H and O–H groups in total. The van der Waals surface area contributed by atoms with E-state index in [1.807, 2.05) is 6.08 Å². The van der Waals surface area contributed by atoms with Crippen LogP contribution in [0.25, 0.3) is 0 Å². The van der Waals surface area contributed by atoms with Gasteiger partial charge in [0.05, 0.1) is 25.4 Å². The van der Waals surface area contributed by atoms with E-state index in [1.54, 1.807) is 6.08 Å². The Bertz CT molecular complexity index is 1300. The van der Waals surface area contributed by atoms with Crippen molar-refractivity contribution < 1.29 is 24.5 Å². The second-order valence-corrected chi connectivity index (χ2v) is 26.3. The number of aliphatic hydroxyl groups is 2. The number of carbonyl (C=O) groups excluding carboxylic acids is 2. The van der Waals surface area contributed by atoms with Gasteiger partial charge in [0.1, 0.15) is 0 Å². The number of hydrogen-bond acceptors (Lipinski definition) is 5. The zero-order valence-electron chi connectivity index (χ0n) is 56.5. The summed E-state index contributed by atoms with van der Waals surface area (Å²) >= 11 is 0. The molecule has 0 aliphatic heterocycles. The van der Waals surface area contributed by atoms with Crippen molar-refractivity contribution in [3.8, 4) is 0 Å². The van der Waals surface area contributed by atoms with Crippen molar-refractivity contribution >= 4 is 11.9 Å². The van der Waals surface area contributed by atoms with Gasteiger partial charge in [-0.2, -0.15) is 0 Å². The lowest BCUT2D eigenvalue weighted by Gasteiger charge is -2.20. The molecule has 1 amide bonds. The van der Waals surface area contributed by atoms with E-state index in [-0.39, 0.29) is 18.5 Å². The van der Waals surface area contributed by atoms with E-state index in [0.29, 0.717) is 19.4 Å². The molecule has 2 atom stereocenters. The van der Waals surface area contributed by atoms with Crippen LogP contribution in [0, 0.1) is 0 Å². The molecule has 0 radical (unpaired) electrons. The number of esters is 1. The Labute approximate surface area is 520 Å². The van der Waals surface area contributed by atoms with Crippen LogP contribution in [0.3, 0.4) is 0 Å². The van der Waals surface area contributed by atoms with Crippen LogP contribution in [0.4, 0.5) is 0 Å². The highest BCUT2D eigenvalue weighted by molar-refractivity contribution is 5.76. The molecule has 0 spiro atoms. The molecule has 0 saturated heterocycles. The summed E-state index contributed by atoms with van der Waals surface area (Å²) in [6.45, 7) is 4.95. The molecule has 83 heavy (non-hydrogen) atoms. The standard InChI is InChI=1S/C77H149NO5/c1-3-5-7-9-11-13-15-17-19-21-23-24-25-26-28-31-34-37-41-45-49-53-57-61-65-69-75(80)74(73-79)78-76(81)70-66-62-58-54-50-46-42-38-35-32-29-27-30-33-36-40-44-48-52-56-60-64-68-72-83-77(82)71-67-63-59-55-51-47-43-39-22-20-18-16-14-12-10-8-6-4-2/h32,35,65,69,74-75,79-80H,3-31,33-34,36-64,66-68,70-73H2,1-2H3,(H,78,81)/b35-32-,69-65+. The first-order valence-electron chi connectivity index (χ1n) is 38.1. The summed E-state index contributed by atoms with van der Waals surface area (Å²) < 4.78 is 5.51. The Kier molecular flexibility index (Phi) is 71.4. The summed E-state index contributed by atoms with van der Waals surface area (Å²) in [5.41, 5.74) is 0. The van der Waals surface area contributed by atoms with Gasteiger partial charge in [0.2, 0.25) is 5.91 Å². The molecule has 2 unspecified atom stereocenters. The number of allylic oxidation sites excluding steroid dienone is 3. The number of unbranched alkanes of at least 4 members (excludes halogenated alkanes) is 59. The molecule has 0 aromatic heterocycles. The minimum absolute atomic E-state index is 0.0165. The molecule has 0 saturated carbocycles. The molecule has 6 heteroatoms. The Morgan fingerprint density at radius 1 is 0.325 bits per heavy atom. The first-order valence-corrected chi connectivity index (χ1v) is 38.1. The molecule has 0 aromatic carbocycles. The molecule has 0 aromatic rings. The van der Waals surface area contributed by atoms with Gasteiger partial charge >= 0.3 is 5.97 Å². The van der Waals surface area contributed by atoms with Crippen LogP contribution in [-0.2, 0) is 14.3 Å². The Balaban J connectivity index is 3.41. The van der Waals surface area contributed by atoms with Crippen molar-refractivity contribution in [1.29, 1.82) is 0 Å². The van der Waals surface area contributed by atoms with E-state index in [4.69, 9.17) is 4.74 Å². The highest BCUT2D eigenvalue weighted by atomic mass is 16.5. The molecular formula is C77H149NO5. The van der Waals surface area contributed by atoms with Crippen molar-refractivity contribution in [1.82, 2.24) is 5.32 Å². The minimum Gasteiger partial charge on any atom is -0.466 e. The molecule has 0 aliphatic rings. The van der Waals surface area contributed by atoms with E-state index < -0.39 is 12.1 Å². The molecule has 0 rings (SSSR count). The number of hydrogen-bond donors (Lipinski definition) is 3. The summed E-state index contributed by atoms with van der Waals surface area (Å²) in [6.07, 6.45) is 92.8. The lowest BCUT2D eigenvalue weighted by molar-refractivity contribution is -0.143. The SMILES string of the molecule is CCCCCCCCCCCCCCCCCCCCCCCCC/C=C/C(O)C(CO)NC(=O)CCCCCCCCC/C=C\CCCCCCCCCCCCCCOC(=O)CCCCCCCCCCCCCCCCCCCC. The van der Waals surface area contributed by atoms with Crippen molar-refractivity contribution in [3.05, 3.63) is 24.3 Å². The van der Waals surface area contributed by atoms with Crippen LogP contribution in [0.2, 0.25) is 0 Å². The predicted molar refractivity (Wildman–Crippen MR) is 366 cm³/mol. The van der Waals surface area contributed by atoms with Crippen LogP contribution in [0.1, 0.15) is 431 Å². The maximum absolute atomic E-state index is 12.5. The van der Waals surface area contributed by atoms with Crippen LogP contribution < -0.4 is 5.32 Å². The van der Waals surface area contributed by atoms with Crippen LogP contribution in [-0.4, -0.2) is 47.4 Å². The summed E-state index contributed by atoms with van der Waals surface area (Å²) in [4.78, 5) is 24.7. The van der Waals surface area contributed by atoms with Gasteiger partial charge in [-0.3, -0.25) is 9.59 Å². The third-order valence-corrected chi connectivity index (χ3v) is 18.0. The van der Waals surface area contributed by atoms with Crippen molar-refractivity contribution in [2.24, 2.45) is 0 Å². The maximum Gasteiger partial charge on any atom is 0.305 e. The number of rotatable bonds is 72. The highest BCUT2D eigenvalue weighted by Gasteiger charge is 2.18. The minimum atomic E-state index is -0.850. The van der Waals surface area contributed by atoms with Gasteiger partial charge in [0.15, 0.2) is 0 Å². The second-order valence-electron chi connectivity index (χ2n) is 26.3. The summed E-state index contributed by atoms with van der Waals surface area (Å²) in [5, 5.41) is 23.3. The largest absolute Gasteiger partial charge is 0.466 e. The molecule has 6 nitrogen and oxygen atoms in total. The van der Waals surface area contributed by atoms with Crippen molar-refractivity contribution in [2.45, 2.75) is 443 Å². The third kappa shape index (κ3) is 69.3. The molecular weight excluding hydrogens is 1020 g/mol. The second kappa shape index (κ2) is 72.8. The van der Waals surface area contributed by atoms with Crippen molar-refractivity contribution in [2.75, 3.05) is 13.2 Å². The van der Waals surface area contributed by atoms with Gasteiger partial charge in [0, 0.05) is 12.8 Å². The van der Waals surface area contributed by atoms with Crippen LogP contribution >= 0.6 is 0 Å². The third-order valence-electron chi connectivity index (χ3n) is 18.0. The quantitative estimate of drug-likeness (QED) is 0.0320. The number of nitrogens with one attached hydrogen (secondary N) is 1. The zero-order chi connectivity index (χ0) is 59.9. The van der Waals surface area contributed by atoms with Gasteiger partial charge < -0.3 is 20.3 Å². The Morgan fingerprint density at radius 2 is 0.566 bits per heavy atom. The van der Waals surface area contributed by atoms with Gasteiger partial charge in [-0.15, -0.1) is 0 Å².